The fraction of sp³-hybridized carbons (Fsp3) is 0.188. The van der Waals surface area contributed by atoms with E-state index in [0.29, 0.717) is 16.7 Å². The van der Waals surface area contributed by atoms with Crippen molar-refractivity contribution in [2.24, 2.45) is 0 Å². The summed E-state index contributed by atoms with van der Waals surface area (Å²) in [6.07, 6.45) is 0.906. The van der Waals surface area contributed by atoms with Crippen LogP contribution >= 0.6 is 22.9 Å². The van der Waals surface area contributed by atoms with Gasteiger partial charge in [0.15, 0.2) is 5.13 Å². The number of anilines is 2. The molecular formula is C16H14ClN3OS. The van der Waals surface area contributed by atoms with Crippen molar-refractivity contribution >= 4 is 44.0 Å². The van der Waals surface area contributed by atoms with Crippen molar-refractivity contribution in [3.63, 3.8) is 0 Å². The topological polar surface area (TPSA) is 62.1 Å². The summed E-state index contributed by atoms with van der Waals surface area (Å²) in [5, 5.41) is 11.4. The van der Waals surface area contributed by atoms with Crippen LogP contribution in [-0.2, 0) is 6.42 Å². The second-order valence-electron chi connectivity index (χ2n) is 5.47. The van der Waals surface area contributed by atoms with Crippen molar-refractivity contribution in [1.82, 2.24) is 4.98 Å². The highest BCUT2D eigenvalue weighted by Crippen LogP contribution is 2.39. The molecule has 4 rings (SSSR count). The van der Waals surface area contributed by atoms with Gasteiger partial charge in [0, 0.05) is 23.3 Å². The molecule has 1 aromatic heterocycles. The minimum Gasteiger partial charge on any atom is -0.506 e. The van der Waals surface area contributed by atoms with E-state index in [1.54, 1.807) is 6.07 Å². The molecule has 0 amide bonds. The van der Waals surface area contributed by atoms with Crippen LogP contribution in [0.15, 0.2) is 36.4 Å². The Morgan fingerprint density at radius 3 is 3.00 bits per heavy atom. The Kier molecular flexibility index (Phi) is 3.13. The van der Waals surface area contributed by atoms with E-state index >= 15 is 0 Å². The molecule has 0 radical (unpaired) electrons. The molecule has 3 N–H and O–H groups in total. The summed E-state index contributed by atoms with van der Waals surface area (Å²) in [5.74, 6) is 0.184. The number of halogens is 1. The second-order valence-corrected chi connectivity index (χ2v) is 6.93. The van der Waals surface area contributed by atoms with Crippen LogP contribution in [0, 0.1) is 0 Å². The zero-order chi connectivity index (χ0) is 15.3. The molecule has 4 nitrogen and oxygen atoms in total. The number of benzene rings is 2. The third-order valence-electron chi connectivity index (χ3n) is 3.94. The van der Waals surface area contributed by atoms with E-state index in [9.17, 15) is 5.11 Å². The zero-order valence-corrected chi connectivity index (χ0v) is 13.2. The van der Waals surface area contributed by atoms with Gasteiger partial charge in [-0.1, -0.05) is 41.1 Å². The highest BCUT2D eigenvalue weighted by Gasteiger charge is 2.35. The molecule has 1 aliphatic heterocycles. The highest BCUT2D eigenvalue weighted by molar-refractivity contribution is 7.22. The minimum atomic E-state index is 0.184. The first-order valence-electron chi connectivity index (χ1n) is 7.01. The van der Waals surface area contributed by atoms with Gasteiger partial charge in [0.2, 0.25) is 0 Å². The SMILES string of the molecule is Nc1nc2c(O)cc(N3C[C@@H]3Cc3ccccc3Cl)cc2s1. The molecule has 2 heterocycles. The Hall–Kier alpha value is -1.98. The maximum atomic E-state index is 10.1. The van der Waals surface area contributed by atoms with Crippen LogP contribution in [0.4, 0.5) is 10.8 Å². The van der Waals surface area contributed by atoms with Gasteiger partial charge in [-0.2, -0.15) is 0 Å². The second kappa shape index (κ2) is 5.04. The Morgan fingerprint density at radius 2 is 2.18 bits per heavy atom. The lowest BCUT2D eigenvalue weighted by atomic mass is 10.1. The van der Waals surface area contributed by atoms with E-state index in [4.69, 9.17) is 17.3 Å². The van der Waals surface area contributed by atoms with Crippen molar-refractivity contribution < 1.29 is 5.11 Å². The number of nitrogen functional groups attached to an aromatic ring is 1. The maximum absolute atomic E-state index is 10.1. The van der Waals surface area contributed by atoms with Crippen LogP contribution in [0.25, 0.3) is 10.2 Å². The summed E-state index contributed by atoms with van der Waals surface area (Å²) in [7, 11) is 0. The van der Waals surface area contributed by atoms with Crippen molar-refractivity contribution in [1.29, 1.82) is 0 Å². The van der Waals surface area contributed by atoms with Crippen LogP contribution in [0.3, 0.4) is 0 Å². The Morgan fingerprint density at radius 1 is 1.36 bits per heavy atom. The predicted octanol–water partition coefficient (Wildman–Crippen LogP) is 3.67. The molecule has 1 atom stereocenters. The quantitative estimate of drug-likeness (QED) is 0.719. The maximum Gasteiger partial charge on any atom is 0.181 e. The third-order valence-corrected chi connectivity index (χ3v) is 5.14. The largest absolute Gasteiger partial charge is 0.506 e. The van der Waals surface area contributed by atoms with Gasteiger partial charge in [-0.3, -0.25) is 0 Å². The summed E-state index contributed by atoms with van der Waals surface area (Å²) >= 11 is 7.61. The first kappa shape index (κ1) is 13.7. The molecule has 1 saturated heterocycles. The van der Waals surface area contributed by atoms with Gasteiger partial charge in [0.05, 0.1) is 10.7 Å². The monoisotopic (exact) mass is 331 g/mol. The number of rotatable bonds is 3. The Labute approximate surface area is 136 Å². The van der Waals surface area contributed by atoms with Gasteiger partial charge < -0.3 is 15.7 Å². The van der Waals surface area contributed by atoms with Crippen LogP contribution in [0.1, 0.15) is 5.56 Å². The lowest BCUT2D eigenvalue weighted by Crippen LogP contribution is -2.03. The van der Waals surface area contributed by atoms with Gasteiger partial charge in [-0.15, -0.1) is 0 Å². The number of hydrogen-bond donors (Lipinski definition) is 2. The normalized spacial score (nSPS) is 17.1. The molecule has 0 spiro atoms. The fourth-order valence-corrected chi connectivity index (χ4v) is 3.77. The van der Waals surface area contributed by atoms with Gasteiger partial charge >= 0.3 is 0 Å². The van der Waals surface area contributed by atoms with E-state index < -0.39 is 0 Å². The highest BCUT2D eigenvalue weighted by atomic mass is 35.5. The van der Waals surface area contributed by atoms with E-state index in [1.165, 1.54) is 11.3 Å². The molecule has 0 aliphatic carbocycles. The molecule has 0 unspecified atom stereocenters. The van der Waals surface area contributed by atoms with E-state index in [0.717, 1.165) is 33.9 Å². The van der Waals surface area contributed by atoms with Crippen molar-refractivity contribution in [2.45, 2.75) is 12.5 Å². The van der Waals surface area contributed by atoms with Crippen LogP contribution in [0.2, 0.25) is 5.02 Å². The van der Waals surface area contributed by atoms with Gasteiger partial charge in [0.25, 0.3) is 0 Å². The molecule has 0 bridgehead atoms. The third kappa shape index (κ3) is 2.36. The van der Waals surface area contributed by atoms with Crippen molar-refractivity contribution in [3.05, 3.63) is 47.0 Å². The molecule has 112 valence electrons. The molecule has 6 heteroatoms. The summed E-state index contributed by atoms with van der Waals surface area (Å²) in [6, 6.07) is 12.1. The lowest BCUT2D eigenvalue weighted by molar-refractivity contribution is 0.480. The summed E-state index contributed by atoms with van der Waals surface area (Å²) in [6.45, 7) is 0.963. The van der Waals surface area contributed by atoms with Crippen LogP contribution in [0.5, 0.6) is 5.75 Å². The molecular weight excluding hydrogens is 318 g/mol. The van der Waals surface area contributed by atoms with Gasteiger partial charge in [-0.25, -0.2) is 4.98 Å². The summed E-state index contributed by atoms with van der Waals surface area (Å²) in [5.41, 5.74) is 8.46. The number of nitrogens with two attached hydrogens (primary N) is 1. The van der Waals surface area contributed by atoms with E-state index in [-0.39, 0.29) is 5.75 Å². The molecule has 1 aliphatic rings. The number of phenols is 1. The molecule has 0 saturated carbocycles. The average Bonchev–Trinajstić information content (AvgIpc) is 3.14. The van der Waals surface area contributed by atoms with Crippen molar-refractivity contribution in [2.75, 3.05) is 17.2 Å². The Balaban J connectivity index is 1.58. The first-order valence-corrected chi connectivity index (χ1v) is 8.20. The minimum absolute atomic E-state index is 0.184. The standard InChI is InChI=1S/C16H14ClN3OS/c17-12-4-2-1-3-9(12)5-11-8-20(11)10-6-13(21)15-14(7-10)22-16(18)19-15/h1-4,6-7,11,21H,5,8H2,(H2,18,19)/t11-,20?/m0/s1. The molecule has 1 fully saturated rings. The molecule has 22 heavy (non-hydrogen) atoms. The number of aromatic hydroxyl groups is 1. The smallest absolute Gasteiger partial charge is 0.181 e. The van der Waals surface area contributed by atoms with Crippen LogP contribution in [-0.4, -0.2) is 22.7 Å². The number of phenolic OH excluding ortho intramolecular Hbond substituents is 1. The number of aromatic nitrogens is 1. The van der Waals surface area contributed by atoms with Crippen molar-refractivity contribution in [3.8, 4) is 5.75 Å². The van der Waals surface area contributed by atoms with E-state index in [1.807, 2.05) is 24.3 Å². The lowest BCUT2D eigenvalue weighted by Gasteiger charge is -2.08. The predicted molar refractivity (Wildman–Crippen MR) is 92.0 cm³/mol. The number of nitrogens with zero attached hydrogens (tertiary/aromatic N) is 2. The van der Waals surface area contributed by atoms with Gasteiger partial charge in [-0.05, 0) is 24.1 Å². The number of fused-ring (bicyclic) bond motifs is 1. The fourth-order valence-electron chi connectivity index (χ4n) is 2.77. The van der Waals surface area contributed by atoms with Crippen LogP contribution < -0.4 is 10.6 Å². The van der Waals surface area contributed by atoms with E-state index in [2.05, 4.69) is 16.0 Å². The molecule has 2 aromatic carbocycles. The number of hydrogen-bond acceptors (Lipinski definition) is 5. The summed E-state index contributed by atoms with van der Waals surface area (Å²) < 4.78 is 0.913. The Bertz CT molecular complexity index is 864. The summed E-state index contributed by atoms with van der Waals surface area (Å²) in [4.78, 5) is 6.39. The molecule has 3 aromatic rings. The average molecular weight is 332 g/mol. The number of thiazole rings is 1. The van der Waals surface area contributed by atoms with Gasteiger partial charge in [0.1, 0.15) is 11.3 Å². The zero-order valence-electron chi connectivity index (χ0n) is 11.7. The first-order chi connectivity index (χ1) is 10.6.